The van der Waals surface area contributed by atoms with E-state index in [9.17, 15) is 9.90 Å². The van der Waals surface area contributed by atoms with E-state index in [-0.39, 0.29) is 6.61 Å². The molecule has 2 aromatic rings. The first-order chi connectivity index (χ1) is 9.25. The van der Waals surface area contributed by atoms with Crippen molar-refractivity contribution >= 4 is 17.3 Å². The van der Waals surface area contributed by atoms with Crippen molar-refractivity contribution in [2.75, 3.05) is 0 Å². The fourth-order valence-corrected chi connectivity index (χ4v) is 2.15. The van der Waals surface area contributed by atoms with E-state index in [0.29, 0.717) is 12.8 Å². The number of nitrogens with zero attached hydrogens (tertiary/aromatic N) is 1. The monoisotopic (exact) mass is 277 g/mol. The van der Waals surface area contributed by atoms with Crippen LogP contribution in [-0.2, 0) is 22.6 Å². The molecule has 0 fully saturated rings. The van der Waals surface area contributed by atoms with Gasteiger partial charge in [-0.05, 0) is 18.4 Å². The third-order valence-electron chi connectivity index (χ3n) is 2.64. The number of carbonyl (C=O) groups is 1. The van der Waals surface area contributed by atoms with Gasteiger partial charge in [0.25, 0.3) is 0 Å². The molecule has 1 heterocycles. The lowest BCUT2D eigenvalue weighted by atomic mass is 10.1. The molecule has 0 radical (unpaired) electrons. The highest BCUT2D eigenvalue weighted by Gasteiger charge is 2.16. The Hall–Kier alpha value is -1.72. The second kappa shape index (κ2) is 7.01. The molecule has 5 heteroatoms. The van der Waals surface area contributed by atoms with Gasteiger partial charge in [-0.1, -0.05) is 30.3 Å². The van der Waals surface area contributed by atoms with Crippen LogP contribution >= 0.6 is 11.3 Å². The van der Waals surface area contributed by atoms with Crippen LogP contribution in [-0.4, -0.2) is 22.2 Å². The van der Waals surface area contributed by atoms with Gasteiger partial charge >= 0.3 is 5.97 Å². The summed E-state index contributed by atoms with van der Waals surface area (Å²) in [5.41, 5.74) is 1.09. The summed E-state index contributed by atoms with van der Waals surface area (Å²) in [5, 5.41) is 12.3. The minimum Gasteiger partial charge on any atom is -0.456 e. The van der Waals surface area contributed by atoms with E-state index in [0.717, 1.165) is 10.6 Å². The zero-order valence-electron chi connectivity index (χ0n) is 10.4. The maximum atomic E-state index is 11.6. The first-order valence-electron chi connectivity index (χ1n) is 6.02. The number of aliphatic hydroxyl groups is 1. The number of rotatable bonds is 6. The van der Waals surface area contributed by atoms with Crippen molar-refractivity contribution in [2.45, 2.75) is 25.6 Å². The molecule has 1 N–H and O–H groups in total. The maximum Gasteiger partial charge on any atom is 0.335 e. The zero-order valence-corrected chi connectivity index (χ0v) is 11.2. The largest absolute Gasteiger partial charge is 0.456 e. The van der Waals surface area contributed by atoms with Crippen LogP contribution in [0.1, 0.15) is 17.0 Å². The summed E-state index contributed by atoms with van der Waals surface area (Å²) >= 11 is 1.42. The molecule has 0 saturated carbocycles. The summed E-state index contributed by atoms with van der Waals surface area (Å²) in [6.45, 7) is 0.124. The Bertz CT molecular complexity index is 499. The maximum absolute atomic E-state index is 11.6. The standard InChI is InChI=1S/C14H15NO3S/c16-12(7-6-11-4-2-1-3-5-11)14(17)18-10-13-15-8-9-19-13/h1-5,8-9,12,16H,6-7,10H2. The third-order valence-corrected chi connectivity index (χ3v) is 3.40. The average molecular weight is 277 g/mol. The average Bonchev–Trinajstić information content (AvgIpc) is 2.96. The molecule has 0 bridgehead atoms. The third kappa shape index (κ3) is 4.46. The first kappa shape index (κ1) is 13.7. The summed E-state index contributed by atoms with van der Waals surface area (Å²) in [4.78, 5) is 15.6. The Morgan fingerprint density at radius 2 is 2.16 bits per heavy atom. The molecular formula is C14H15NO3S. The van der Waals surface area contributed by atoms with Gasteiger partial charge in [-0.15, -0.1) is 11.3 Å². The molecule has 0 spiro atoms. The summed E-state index contributed by atoms with van der Waals surface area (Å²) in [6, 6.07) is 9.73. The Kier molecular flexibility index (Phi) is 5.06. The number of aliphatic hydroxyl groups excluding tert-OH is 1. The van der Waals surface area contributed by atoms with Gasteiger partial charge in [0.05, 0.1) is 0 Å². The molecular weight excluding hydrogens is 262 g/mol. The van der Waals surface area contributed by atoms with Crippen molar-refractivity contribution in [3.63, 3.8) is 0 Å². The van der Waals surface area contributed by atoms with Crippen molar-refractivity contribution in [1.82, 2.24) is 4.98 Å². The van der Waals surface area contributed by atoms with Crippen molar-refractivity contribution in [3.05, 3.63) is 52.5 Å². The highest BCUT2D eigenvalue weighted by Crippen LogP contribution is 2.09. The molecule has 1 unspecified atom stereocenters. The van der Waals surface area contributed by atoms with Crippen LogP contribution < -0.4 is 0 Å². The Morgan fingerprint density at radius 1 is 1.37 bits per heavy atom. The van der Waals surface area contributed by atoms with Crippen LogP contribution in [0.25, 0.3) is 0 Å². The Morgan fingerprint density at radius 3 is 2.84 bits per heavy atom. The lowest BCUT2D eigenvalue weighted by molar-refractivity contribution is -0.155. The molecule has 2 rings (SSSR count). The van der Waals surface area contributed by atoms with E-state index in [4.69, 9.17) is 4.74 Å². The van der Waals surface area contributed by atoms with Gasteiger partial charge in [0, 0.05) is 11.6 Å². The quantitative estimate of drug-likeness (QED) is 0.822. The van der Waals surface area contributed by atoms with Crippen LogP contribution in [0.5, 0.6) is 0 Å². The Balaban J connectivity index is 1.73. The van der Waals surface area contributed by atoms with Crippen molar-refractivity contribution in [2.24, 2.45) is 0 Å². The number of carbonyl (C=O) groups excluding carboxylic acids is 1. The molecule has 1 atom stereocenters. The van der Waals surface area contributed by atoms with E-state index in [1.807, 2.05) is 35.7 Å². The SMILES string of the molecule is O=C(OCc1nccs1)C(O)CCc1ccccc1. The number of thiazole rings is 1. The predicted octanol–water partition coefficient (Wildman–Crippen LogP) is 2.18. The van der Waals surface area contributed by atoms with Gasteiger partial charge in [0.15, 0.2) is 6.10 Å². The second-order valence-corrected chi connectivity index (χ2v) is 5.05. The fraction of sp³-hybridized carbons (Fsp3) is 0.286. The number of aromatic nitrogens is 1. The minimum atomic E-state index is -1.08. The minimum absolute atomic E-state index is 0.124. The van der Waals surface area contributed by atoms with E-state index in [1.165, 1.54) is 11.3 Å². The van der Waals surface area contributed by atoms with Crippen molar-refractivity contribution < 1.29 is 14.6 Å². The van der Waals surface area contributed by atoms with Crippen LogP contribution in [0.2, 0.25) is 0 Å². The van der Waals surface area contributed by atoms with Gasteiger partial charge < -0.3 is 9.84 Å². The van der Waals surface area contributed by atoms with E-state index in [1.54, 1.807) is 6.20 Å². The molecule has 0 aliphatic rings. The van der Waals surface area contributed by atoms with Crippen LogP contribution in [0, 0.1) is 0 Å². The Labute approximate surface area is 115 Å². The molecule has 1 aromatic heterocycles. The summed E-state index contributed by atoms with van der Waals surface area (Å²) in [5.74, 6) is -0.592. The van der Waals surface area contributed by atoms with E-state index in [2.05, 4.69) is 4.98 Å². The number of aryl methyl sites for hydroxylation is 1. The highest BCUT2D eigenvalue weighted by atomic mass is 32.1. The molecule has 0 saturated heterocycles. The zero-order chi connectivity index (χ0) is 13.5. The van der Waals surface area contributed by atoms with Gasteiger partial charge in [0.1, 0.15) is 11.6 Å². The van der Waals surface area contributed by atoms with Crippen molar-refractivity contribution in [3.8, 4) is 0 Å². The highest BCUT2D eigenvalue weighted by molar-refractivity contribution is 7.09. The lowest BCUT2D eigenvalue weighted by Gasteiger charge is -2.09. The lowest BCUT2D eigenvalue weighted by Crippen LogP contribution is -2.23. The summed E-state index contributed by atoms with van der Waals surface area (Å²) in [7, 11) is 0. The molecule has 100 valence electrons. The molecule has 19 heavy (non-hydrogen) atoms. The molecule has 0 amide bonds. The number of hydrogen-bond donors (Lipinski definition) is 1. The number of esters is 1. The smallest absolute Gasteiger partial charge is 0.335 e. The van der Waals surface area contributed by atoms with E-state index < -0.39 is 12.1 Å². The fourth-order valence-electron chi connectivity index (χ4n) is 1.62. The molecule has 4 nitrogen and oxygen atoms in total. The number of benzene rings is 1. The summed E-state index contributed by atoms with van der Waals surface area (Å²) < 4.78 is 5.00. The molecule has 0 aliphatic heterocycles. The normalized spacial score (nSPS) is 12.1. The van der Waals surface area contributed by atoms with Gasteiger partial charge in [-0.3, -0.25) is 0 Å². The first-order valence-corrected chi connectivity index (χ1v) is 6.90. The van der Waals surface area contributed by atoms with Gasteiger partial charge in [-0.25, -0.2) is 9.78 Å². The second-order valence-electron chi connectivity index (χ2n) is 4.07. The van der Waals surface area contributed by atoms with E-state index >= 15 is 0 Å². The predicted molar refractivity (Wildman–Crippen MR) is 72.7 cm³/mol. The molecule has 0 aliphatic carbocycles. The van der Waals surface area contributed by atoms with Gasteiger partial charge in [0.2, 0.25) is 0 Å². The van der Waals surface area contributed by atoms with Gasteiger partial charge in [-0.2, -0.15) is 0 Å². The number of hydrogen-bond acceptors (Lipinski definition) is 5. The molecule has 1 aromatic carbocycles. The number of ether oxygens (including phenoxy) is 1. The van der Waals surface area contributed by atoms with Crippen molar-refractivity contribution in [1.29, 1.82) is 0 Å². The van der Waals surface area contributed by atoms with Crippen LogP contribution in [0.4, 0.5) is 0 Å². The topological polar surface area (TPSA) is 59.4 Å². The van der Waals surface area contributed by atoms with Crippen LogP contribution in [0.3, 0.4) is 0 Å². The summed E-state index contributed by atoms with van der Waals surface area (Å²) in [6.07, 6.45) is 1.58. The van der Waals surface area contributed by atoms with Crippen LogP contribution in [0.15, 0.2) is 41.9 Å².